The van der Waals surface area contributed by atoms with E-state index in [1.807, 2.05) is 6.92 Å². The largest absolute Gasteiger partial charge is 0.372 e. The summed E-state index contributed by atoms with van der Waals surface area (Å²) in [6, 6.07) is 2.15. The number of nitrogens with one attached hydrogen (secondary N) is 1. The Morgan fingerprint density at radius 3 is 2.80 bits per heavy atom. The fraction of sp³-hybridized carbons (Fsp3) is 0.364. The normalized spacial score (nSPS) is 12.2. The molecule has 1 amide bonds. The molecule has 1 heterocycles. The Kier molecular flexibility index (Phi) is 3.78. The van der Waals surface area contributed by atoms with Crippen LogP contribution in [0.3, 0.4) is 0 Å². The smallest absolute Gasteiger partial charge is 0.300 e. The highest BCUT2D eigenvalue weighted by Crippen LogP contribution is 2.29. The van der Waals surface area contributed by atoms with Gasteiger partial charge in [0.25, 0.3) is 0 Å². The predicted molar refractivity (Wildman–Crippen MR) is 70.0 cm³/mol. The van der Waals surface area contributed by atoms with Gasteiger partial charge < -0.3 is 11.1 Å². The van der Waals surface area contributed by atoms with Crippen molar-refractivity contribution in [2.24, 2.45) is 5.73 Å². The average molecular weight is 279 g/mol. The first-order valence-electron chi connectivity index (χ1n) is 6.00. The minimum Gasteiger partial charge on any atom is -0.372 e. The van der Waals surface area contributed by atoms with Crippen LogP contribution in [0.1, 0.15) is 19.8 Å². The van der Waals surface area contributed by atoms with E-state index in [2.05, 4.69) is 20.3 Å². The topological polar surface area (TPSA) is 137 Å². The van der Waals surface area contributed by atoms with Crippen LogP contribution in [-0.2, 0) is 4.79 Å². The SMILES string of the molecule is CCCC(Nc1ccc([N+](=O)[O-])c2nonc12)C(N)=O. The molecule has 0 aliphatic rings. The Balaban J connectivity index is 2.40. The second-order valence-electron chi connectivity index (χ2n) is 4.24. The molecule has 0 spiro atoms. The van der Waals surface area contributed by atoms with Gasteiger partial charge in [0.05, 0.1) is 10.6 Å². The summed E-state index contributed by atoms with van der Waals surface area (Å²) in [5.74, 6) is -0.505. The van der Waals surface area contributed by atoms with Gasteiger partial charge in [-0.15, -0.1) is 0 Å². The molecule has 1 aromatic carbocycles. The van der Waals surface area contributed by atoms with Gasteiger partial charge in [0.15, 0.2) is 5.52 Å². The number of nitrogens with two attached hydrogens (primary N) is 1. The highest BCUT2D eigenvalue weighted by molar-refractivity contribution is 5.95. The minimum atomic E-state index is -0.582. The number of non-ortho nitro benzene ring substituents is 1. The number of primary amides is 1. The number of carbonyl (C=O) groups excluding carboxylic acids is 1. The zero-order valence-corrected chi connectivity index (χ0v) is 10.7. The fourth-order valence-corrected chi connectivity index (χ4v) is 1.88. The Morgan fingerprint density at radius 1 is 1.50 bits per heavy atom. The number of carbonyl (C=O) groups is 1. The zero-order valence-electron chi connectivity index (χ0n) is 10.7. The first kappa shape index (κ1) is 13.7. The summed E-state index contributed by atoms with van der Waals surface area (Å²) in [4.78, 5) is 21.6. The van der Waals surface area contributed by atoms with Gasteiger partial charge in [0.2, 0.25) is 11.4 Å². The second-order valence-corrected chi connectivity index (χ2v) is 4.24. The number of rotatable bonds is 6. The molecule has 0 bridgehead atoms. The summed E-state index contributed by atoms with van der Waals surface area (Å²) in [7, 11) is 0. The van der Waals surface area contributed by atoms with Crippen molar-refractivity contribution >= 4 is 28.3 Å². The van der Waals surface area contributed by atoms with Crippen LogP contribution in [0.4, 0.5) is 11.4 Å². The van der Waals surface area contributed by atoms with Crippen LogP contribution in [0.5, 0.6) is 0 Å². The maximum Gasteiger partial charge on any atom is 0.300 e. The summed E-state index contributed by atoms with van der Waals surface area (Å²) >= 11 is 0. The molecule has 9 nitrogen and oxygen atoms in total. The van der Waals surface area contributed by atoms with E-state index in [0.717, 1.165) is 6.42 Å². The fourth-order valence-electron chi connectivity index (χ4n) is 1.88. The number of amides is 1. The van der Waals surface area contributed by atoms with Crippen molar-refractivity contribution in [1.29, 1.82) is 0 Å². The van der Waals surface area contributed by atoms with Gasteiger partial charge in [0, 0.05) is 6.07 Å². The van der Waals surface area contributed by atoms with Crippen molar-refractivity contribution < 1.29 is 14.3 Å². The molecule has 0 aliphatic carbocycles. The van der Waals surface area contributed by atoms with Crippen LogP contribution < -0.4 is 11.1 Å². The molecular formula is C11H13N5O4. The van der Waals surface area contributed by atoms with E-state index in [1.165, 1.54) is 12.1 Å². The molecule has 1 unspecified atom stereocenters. The van der Waals surface area contributed by atoms with E-state index < -0.39 is 16.9 Å². The zero-order chi connectivity index (χ0) is 14.7. The molecular weight excluding hydrogens is 266 g/mol. The molecule has 2 aromatic rings. The van der Waals surface area contributed by atoms with Gasteiger partial charge in [-0.1, -0.05) is 13.3 Å². The number of hydrogen-bond acceptors (Lipinski definition) is 7. The van der Waals surface area contributed by atoms with E-state index in [0.29, 0.717) is 12.1 Å². The van der Waals surface area contributed by atoms with Crippen LogP contribution in [0.2, 0.25) is 0 Å². The summed E-state index contributed by atoms with van der Waals surface area (Å²) in [5.41, 5.74) is 5.73. The van der Waals surface area contributed by atoms with Crippen LogP contribution in [0, 0.1) is 10.1 Å². The van der Waals surface area contributed by atoms with Crippen molar-refractivity contribution in [2.45, 2.75) is 25.8 Å². The number of nitro groups is 1. The molecule has 0 aliphatic heterocycles. The Morgan fingerprint density at radius 2 is 2.20 bits per heavy atom. The van der Waals surface area contributed by atoms with Crippen molar-refractivity contribution in [1.82, 2.24) is 10.3 Å². The molecule has 0 saturated heterocycles. The van der Waals surface area contributed by atoms with Crippen molar-refractivity contribution in [2.75, 3.05) is 5.32 Å². The molecule has 0 radical (unpaired) electrons. The number of fused-ring (bicyclic) bond motifs is 1. The lowest BCUT2D eigenvalue weighted by Crippen LogP contribution is -2.35. The van der Waals surface area contributed by atoms with E-state index in [4.69, 9.17) is 5.73 Å². The maximum atomic E-state index is 11.3. The number of nitrogens with zero attached hydrogens (tertiary/aromatic N) is 3. The monoisotopic (exact) mass is 279 g/mol. The van der Waals surface area contributed by atoms with Crippen molar-refractivity contribution in [3.05, 3.63) is 22.2 Å². The molecule has 9 heteroatoms. The molecule has 106 valence electrons. The van der Waals surface area contributed by atoms with Crippen molar-refractivity contribution in [3.8, 4) is 0 Å². The molecule has 3 N–H and O–H groups in total. The van der Waals surface area contributed by atoms with E-state index in [9.17, 15) is 14.9 Å². The van der Waals surface area contributed by atoms with E-state index in [1.54, 1.807) is 0 Å². The minimum absolute atomic E-state index is 0.0275. The van der Waals surface area contributed by atoms with Gasteiger partial charge in [-0.3, -0.25) is 14.9 Å². The Labute approximate surface area is 113 Å². The van der Waals surface area contributed by atoms with Gasteiger partial charge in [-0.2, -0.15) is 0 Å². The summed E-state index contributed by atoms with van der Waals surface area (Å²) < 4.78 is 4.54. The average Bonchev–Trinajstić information content (AvgIpc) is 2.87. The van der Waals surface area contributed by atoms with Crippen LogP contribution >= 0.6 is 0 Å². The standard InChI is InChI=1S/C11H13N5O4/c1-2-3-7(11(12)17)13-6-4-5-8(16(18)19)10-9(6)14-20-15-10/h4-5,7,13H,2-3H2,1H3,(H2,12,17). The first-order chi connectivity index (χ1) is 9.54. The number of nitro benzene ring substituents is 1. The lowest BCUT2D eigenvalue weighted by molar-refractivity contribution is -0.383. The third-order valence-corrected chi connectivity index (χ3v) is 2.84. The highest BCUT2D eigenvalue weighted by Gasteiger charge is 2.22. The van der Waals surface area contributed by atoms with Crippen LogP contribution in [0.25, 0.3) is 11.0 Å². The Bertz CT molecular complexity index is 653. The maximum absolute atomic E-state index is 11.3. The number of benzene rings is 1. The lowest BCUT2D eigenvalue weighted by atomic mass is 10.1. The van der Waals surface area contributed by atoms with Crippen molar-refractivity contribution in [3.63, 3.8) is 0 Å². The first-order valence-corrected chi connectivity index (χ1v) is 6.00. The quantitative estimate of drug-likeness (QED) is 0.598. The number of anilines is 1. The van der Waals surface area contributed by atoms with Gasteiger partial charge in [-0.05, 0) is 22.8 Å². The molecule has 0 fully saturated rings. The Hall–Kier alpha value is -2.71. The second kappa shape index (κ2) is 5.51. The van der Waals surface area contributed by atoms with Crippen LogP contribution in [0.15, 0.2) is 16.8 Å². The molecule has 1 aromatic heterocycles. The van der Waals surface area contributed by atoms with Gasteiger partial charge >= 0.3 is 5.69 Å². The summed E-state index contributed by atoms with van der Waals surface area (Å²) in [6.45, 7) is 1.92. The third kappa shape index (κ3) is 2.51. The number of aromatic nitrogens is 2. The molecule has 2 rings (SSSR count). The molecule has 20 heavy (non-hydrogen) atoms. The predicted octanol–water partition coefficient (Wildman–Crippen LogP) is 1.20. The third-order valence-electron chi connectivity index (χ3n) is 2.84. The highest BCUT2D eigenvalue weighted by atomic mass is 16.6. The van der Waals surface area contributed by atoms with E-state index in [-0.39, 0.29) is 16.7 Å². The summed E-state index contributed by atoms with van der Waals surface area (Å²) in [6.07, 6.45) is 1.30. The lowest BCUT2D eigenvalue weighted by Gasteiger charge is -2.15. The summed E-state index contributed by atoms with van der Waals surface area (Å²) in [5, 5.41) is 20.9. The van der Waals surface area contributed by atoms with Gasteiger partial charge in [-0.25, -0.2) is 4.63 Å². The van der Waals surface area contributed by atoms with E-state index >= 15 is 0 Å². The molecule has 1 atom stereocenters. The van der Waals surface area contributed by atoms with Gasteiger partial charge in [0.1, 0.15) is 6.04 Å². The number of hydrogen-bond donors (Lipinski definition) is 2. The van der Waals surface area contributed by atoms with Crippen LogP contribution in [-0.4, -0.2) is 27.2 Å². The molecule has 0 saturated carbocycles.